The average Bonchev–Trinajstić information content (AvgIpc) is 2.22. The van der Waals surface area contributed by atoms with Gasteiger partial charge in [-0.05, 0) is 26.0 Å². The monoisotopic (exact) mass is 208 g/mol. The highest BCUT2D eigenvalue weighted by Crippen LogP contribution is 2.33. The molecule has 4 heteroatoms. The Hall–Kier alpha value is -1.58. The summed E-state index contributed by atoms with van der Waals surface area (Å²) in [5.41, 5.74) is 1.05. The van der Waals surface area contributed by atoms with Gasteiger partial charge in [-0.15, -0.1) is 0 Å². The van der Waals surface area contributed by atoms with E-state index in [0.29, 0.717) is 17.9 Å². The van der Waals surface area contributed by atoms with E-state index in [9.17, 15) is 9.18 Å². The van der Waals surface area contributed by atoms with Crippen molar-refractivity contribution in [2.45, 2.75) is 19.9 Å². The molecule has 0 saturated heterocycles. The van der Waals surface area contributed by atoms with Crippen molar-refractivity contribution in [3.8, 4) is 0 Å². The first-order valence-electron chi connectivity index (χ1n) is 5.01. The molecular weight excluding hydrogens is 195 g/mol. The summed E-state index contributed by atoms with van der Waals surface area (Å²) in [6.07, 6.45) is 0. The van der Waals surface area contributed by atoms with Gasteiger partial charge in [0, 0.05) is 6.54 Å². The van der Waals surface area contributed by atoms with Gasteiger partial charge in [0.1, 0.15) is 11.9 Å². The lowest BCUT2D eigenvalue weighted by Crippen LogP contribution is -2.45. The third-order valence-corrected chi connectivity index (χ3v) is 2.60. The predicted molar refractivity (Wildman–Crippen MR) is 57.5 cm³/mol. The summed E-state index contributed by atoms with van der Waals surface area (Å²) < 4.78 is 13.5. The zero-order chi connectivity index (χ0) is 11.0. The van der Waals surface area contributed by atoms with Gasteiger partial charge in [-0.25, -0.2) is 4.39 Å². The standard InChI is InChI=1S/C11H13FN2O/c1-3-14-9-6-4-5-8(12)10(9)13-7(2)11(14)15/h4-7,13H,3H2,1-2H3. The second-order valence-electron chi connectivity index (χ2n) is 3.58. The summed E-state index contributed by atoms with van der Waals surface area (Å²) in [5.74, 6) is -0.332. The molecule has 1 atom stereocenters. The quantitative estimate of drug-likeness (QED) is 0.765. The highest BCUT2D eigenvalue weighted by Gasteiger charge is 2.29. The van der Waals surface area contributed by atoms with E-state index in [1.165, 1.54) is 6.07 Å². The third-order valence-electron chi connectivity index (χ3n) is 2.60. The maximum atomic E-state index is 13.5. The first-order chi connectivity index (χ1) is 7.15. The number of carbonyl (C=O) groups excluding carboxylic acids is 1. The summed E-state index contributed by atoms with van der Waals surface area (Å²) in [6, 6.07) is 4.39. The minimum absolute atomic E-state index is 0.0180. The van der Waals surface area contributed by atoms with Crippen LogP contribution in [0.1, 0.15) is 13.8 Å². The van der Waals surface area contributed by atoms with Crippen molar-refractivity contribution in [1.29, 1.82) is 0 Å². The molecule has 1 heterocycles. The molecule has 0 bridgehead atoms. The Bertz CT molecular complexity index is 406. The summed E-state index contributed by atoms with van der Waals surface area (Å²) in [6.45, 7) is 4.17. The van der Waals surface area contributed by atoms with Crippen LogP contribution in [-0.2, 0) is 4.79 Å². The molecule has 1 N–H and O–H groups in total. The molecule has 1 aliphatic rings. The van der Waals surface area contributed by atoms with Gasteiger partial charge in [-0.3, -0.25) is 4.79 Å². The molecule has 80 valence electrons. The van der Waals surface area contributed by atoms with Gasteiger partial charge in [0.25, 0.3) is 0 Å². The zero-order valence-corrected chi connectivity index (χ0v) is 8.75. The number of para-hydroxylation sites is 1. The number of nitrogens with zero attached hydrogens (tertiary/aromatic N) is 1. The number of benzene rings is 1. The van der Waals surface area contributed by atoms with Crippen molar-refractivity contribution < 1.29 is 9.18 Å². The molecule has 1 aromatic rings. The normalized spacial score (nSPS) is 19.8. The molecule has 0 radical (unpaired) electrons. The van der Waals surface area contributed by atoms with Crippen LogP contribution >= 0.6 is 0 Å². The van der Waals surface area contributed by atoms with E-state index in [2.05, 4.69) is 5.32 Å². The molecule has 0 fully saturated rings. The number of fused-ring (bicyclic) bond motifs is 1. The Morgan fingerprint density at radius 3 is 2.93 bits per heavy atom. The van der Waals surface area contributed by atoms with Gasteiger partial charge >= 0.3 is 0 Å². The number of carbonyl (C=O) groups is 1. The van der Waals surface area contributed by atoms with E-state index in [4.69, 9.17) is 0 Å². The second kappa shape index (κ2) is 3.53. The van der Waals surface area contributed by atoms with Crippen molar-refractivity contribution in [3.63, 3.8) is 0 Å². The first kappa shape index (κ1) is 9.96. The van der Waals surface area contributed by atoms with Gasteiger partial charge in [0.05, 0.1) is 11.4 Å². The van der Waals surface area contributed by atoms with E-state index >= 15 is 0 Å². The Labute approximate surface area is 87.9 Å². The fourth-order valence-electron chi connectivity index (χ4n) is 1.84. The topological polar surface area (TPSA) is 32.3 Å². The highest BCUT2D eigenvalue weighted by atomic mass is 19.1. The SMILES string of the molecule is CCN1C(=O)C(C)Nc2c(F)cccc21. The Kier molecular flexibility index (Phi) is 2.34. The molecule has 1 unspecified atom stereocenters. The Balaban J connectivity index is 2.54. The molecule has 15 heavy (non-hydrogen) atoms. The van der Waals surface area contributed by atoms with Crippen LogP contribution in [0.2, 0.25) is 0 Å². The highest BCUT2D eigenvalue weighted by molar-refractivity contribution is 6.04. The number of rotatable bonds is 1. The number of nitrogens with one attached hydrogen (secondary N) is 1. The van der Waals surface area contributed by atoms with Crippen LogP contribution < -0.4 is 10.2 Å². The zero-order valence-electron chi connectivity index (χ0n) is 8.75. The molecule has 1 aromatic carbocycles. The lowest BCUT2D eigenvalue weighted by atomic mass is 10.1. The molecule has 2 rings (SSSR count). The summed E-state index contributed by atoms with van der Waals surface area (Å²) in [7, 11) is 0. The summed E-state index contributed by atoms with van der Waals surface area (Å²) in [4.78, 5) is 13.4. The van der Waals surface area contributed by atoms with E-state index in [1.54, 1.807) is 24.0 Å². The van der Waals surface area contributed by atoms with Crippen molar-refractivity contribution >= 4 is 17.3 Å². The number of halogens is 1. The minimum Gasteiger partial charge on any atom is -0.370 e. The fourth-order valence-corrected chi connectivity index (χ4v) is 1.84. The van der Waals surface area contributed by atoms with Gasteiger partial charge in [-0.1, -0.05) is 6.07 Å². The van der Waals surface area contributed by atoms with Gasteiger partial charge < -0.3 is 10.2 Å². The number of anilines is 2. The van der Waals surface area contributed by atoms with Crippen LogP contribution in [0, 0.1) is 5.82 Å². The summed E-state index contributed by atoms with van der Waals surface area (Å²) >= 11 is 0. The average molecular weight is 208 g/mol. The van der Waals surface area contributed by atoms with Crippen LogP contribution in [-0.4, -0.2) is 18.5 Å². The number of likely N-dealkylation sites (N-methyl/N-ethyl adjacent to an activating group) is 1. The maximum Gasteiger partial charge on any atom is 0.249 e. The van der Waals surface area contributed by atoms with Crippen LogP contribution in [0.5, 0.6) is 0 Å². The largest absolute Gasteiger partial charge is 0.370 e. The summed E-state index contributed by atoms with van der Waals surface area (Å²) in [5, 5.41) is 2.88. The van der Waals surface area contributed by atoms with E-state index in [-0.39, 0.29) is 17.8 Å². The predicted octanol–water partition coefficient (Wildman–Crippen LogP) is 1.99. The van der Waals surface area contributed by atoms with E-state index in [1.807, 2.05) is 6.92 Å². The molecule has 0 saturated carbocycles. The minimum atomic E-state index is -0.366. The van der Waals surface area contributed by atoms with Crippen molar-refractivity contribution in [2.75, 3.05) is 16.8 Å². The van der Waals surface area contributed by atoms with E-state index in [0.717, 1.165) is 0 Å². The molecular formula is C11H13FN2O. The van der Waals surface area contributed by atoms with E-state index < -0.39 is 0 Å². The van der Waals surface area contributed by atoms with Crippen molar-refractivity contribution in [3.05, 3.63) is 24.0 Å². The smallest absolute Gasteiger partial charge is 0.249 e. The van der Waals surface area contributed by atoms with Gasteiger partial charge in [0.15, 0.2) is 0 Å². The lowest BCUT2D eigenvalue weighted by molar-refractivity contribution is -0.119. The lowest BCUT2D eigenvalue weighted by Gasteiger charge is -2.33. The van der Waals surface area contributed by atoms with Crippen molar-refractivity contribution in [2.24, 2.45) is 0 Å². The van der Waals surface area contributed by atoms with Gasteiger partial charge in [0.2, 0.25) is 5.91 Å². The molecule has 3 nitrogen and oxygen atoms in total. The molecule has 0 aromatic heterocycles. The third kappa shape index (κ3) is 1.46. The number of hydrogen-bond acceptors (Lipinski definition) is 2. The van der Waals surface area contributed by atoms with Crippen LogP contribution in [0.25, 0.3) is 0 Å². The maximum absolute atomic E-state index is 13.5. The number of hydrogen-bond donors (Lipinski definition) is 1. The van der Waals surface area contributed by atoms with Crippen LogP contribution in [0.3, 0.4) is 0 Å². The molecule has 1 aliphatic heterocycles. The number of amides is 1. The molecule has 0 aliphatic carbocycles. The Morgan fingerprint density at radius 2 is 2.27 bits per heavy atom. The van der Waals surface area contributed by atoms with Gasteiger partial charge in [-0.2, -0.15) is 0 Å². The molecule has 1 amide bonds. The first-order valence-corrected chi connectivity index (χ1v) is 5.01. The fraction of sp³-hybridized carbons (Fsp3) is 0.364. The Morgan fingerprint density at radius 1 is 1.53 bits per heavy atom. The molecule has 0 spiro atoms. The van der Waals surface area contributed by atoms with Crippen molar-refractivity contribution in [1.82, 2.24) is 0 Å². The van der Waals surface area contributed by atoms with Crippen LogP contribution in [0.4, 0.5) is 15.8 Å². The van der Waals surface area contributed by atoms with Crippen LogP contribution in [0.15, 0.2) is 18.2 Å². The second-order valence-corrected chi connectivity index (χ2v) is 3.58.